The third kappa shape index (κ3) is 6.28. The molecule has 4 rings (SSSR count). The summed E-state index contributed by atoms with van der Waals surface area (Å²) >= 11 is 1.45. The van der Waals surface area contributed by atoms with Gasteiger partial charge in [-0.05, 0) is 61.9 Å². The van der Waals surface area contributed by atoms with Gasteiger partial charge in [0.2, 0.25) is 5.91 Å². The molecule has 3 aromatic rings. The Morgan fingerprint density at radius 2 is 1.89 bits per heavy atom. The summed E-state index contributed by atoms with van der Waals surface area (Å²) in [5, 5.41) is 9.16. The maximum Gasteiger partial charge on any atom is 0.289 e. The Hall–Kier alpha value is -3.20. The van der Waals surface area contributed by atoms with Crippen LogP contribution < -0.4 is 0 Å². The van der Waals surface area contributed by atoms with Crippen molar-refractivity contribution in [2.45, 2.75) is 49.9 Å². The molecule has 1 aromatic carbocycles. The summed E-state index contributed by atoms with van der Waals surface area (Å²) in [5.74, 6) is 1.20. The van der Waals surface area contributed by atoms with Gasteiger partial charge < -0.3 is 14.2 Å². The Labute approximate surface area is 208 Å². The third-order valence-corrected chi connectivity index (χ3v) is 6.94. The monoisotopic (exact) mass is 496 g/mol. The van der Waals surface area contributed by atoms with Crippen LogP contribution in [0.3, 0.4) is 0 Å². The van der Waals surface area contributed by atoms with Gasteiger partial charge in [0.25, 0.3) is 5.91 Å². The van der Waals surface area contributed by atoms with Gasteiger partial charge in [-0.2, -0.15) is 0 Å². The third-order valence-electron chi connectivity index (χ3n) is 5.99. The number of hydrogen-bond donors (Lipinski definition) is 0. The van der Waals surface area contributed by atoms with Crippen molar-refractivity contribution in [3.8, 4) is 11.3 Å². The van der Waals surface area contributed by atoms with E-state index in [0.29, 0.717) is 49.0 Å². The zero-order valence-corrected chi connectivity index (χ0v) is 20.8. The molecule has 7 nitrogen and oxygen atoms in total. The Bertz CT molecular complexity index is 1150. The minimum absolute atomic E-state index is 0.0153. The van der Waals surface area contributed by atoms with Crippen molar-refractivity contribution in [3.05, 3.63) is 65.9 Å². The molecule has 1 fully saturated rings. The molecule has 184 valence electrons. The summed E-state index contributed by atoms with van der Waals surface area (Å²) in [5.41, 5.74) is 1.46. The number of amides is 2. The van der Waals surface area contributed by atoms with Crippen LogP contribution in [0.2, 0.25) is 0 Å². The normalized spacial score (nSPS) is 15.9. The first-order valence-electron chi connectivity index (χ1n) is 11.8. The van der Waals surface area contributed by atoms with Crippen molar-refractivity contribution in [1.82, 2.24) is 20.0 Å². The van der Waals surface area contributed by atoms with Crippen LogP contribution in [0.15, 0.2) is 58.0 Å². The molecule has 2 amide bonds. The first kappa shape index (κ1) is 24.9. The highest BCUT2D eigenvalue weighted by Gasteiger charge is 2.30. The van der Waals surface area contributed by atoms with Crippen LogP contribution in [-0.4, -0.2) is 57.5 Å². The summed E-state index contributed by atoms with van der Waals surface area (Å²) in [7, 11) is 0. The van der Waals surface area contributed by atoms with Crippen LogP contribution in [0.4, 0.5) is 4.39 Å². The van der Waals surface area contributed by atoms with Crippen molar-refractivity contribution >= 4 is 23.6 Å². The second-order valence-electron chi connectivity index (χ2n) is 8.61. The lowest BCUT2D eigenvalue weighted by molar-refractivity contribution is -0.135. The molecule has 0 saturated carbocycles. The van der Waals surface area contributed by atoms with E-state index in [4.69, 9.17) is 4.42 Å². The number of aromatic nitrogens is 2. The molecule has 0 radical (unpaired) electrons. The number of furan rings is 1. The Kier molecular flexibility index (Phi) is 8.17. The standard InChI is InChI=1S/C26H29FN4O3S/c1-3-4-5-25(32)31-15-14-30(16-18(31)2)26(33)23-12-10-21(34-23)17-35-24-13-11-22(28-29-24)19-6-8-20(27)9-7-19/h6-13,18H,3-5,14-17H2,1-2H3/t18-/m0/s1. The predicted molar refractivity (Wildman–Crippen MR) is 132 cm³/mol. The van der Waals surface area contributed by atoms with Gasteiger partial charge in [-0.25, -0.2) is 4.39 Å². The van der Waals surface area contributed by atoms with Crippen molar-refractivity contribution in [2.75, 3.05) is 19.6 Å². The Balaban J connectivity index is 1.29. The quantitative estimate of drug-likeness (QED) is 0.407. The van der Waals surface area contributed by atoms with Gasteiger partial charge in [-0.15, -0.1) is 10.2 Å². The molecule has 0 bridgehead atoms. The lowest BCUT2D eigenvalue weighted by Crippen LogP contribution is -2.55. The number of rotatable bonds is 8. The molecule has 1 atom stereocenters. The lowest BCUT2D eigenvalue weighted by atomic mass is 10.1. The van der Waals surface area contributed by atoms with Crippen LogP contribution in [-0.2, 0) is 10.5 Å². The highest BCUT2D eigenvalue weighted by atomic mass is 32.2. The number of benzene rings is 1. The maximum absolute atomic E-state index is 13.1. The number of thioether (sulfide) groups is 1. The average molecular weight is 497 g/mol. The van der Waals surface area contributed by atoms with E-state index < -0.39 is 0 Å². The fourth-order valence-electron chi connectivity index (χ4n) is 4.03. The highest BCUT2D eigenvalue weighted by Crippen LogP contribution is 2.25. The molecule has 0 spiro atoms. The van der Waals surface area contributed by atoms with Crippen molar-refractivity contribution in [3.63, 3.8) is 0 Å². The van der Waals surface area contributed by atoms with Gasteiger partial charge in [0, 0.05) is 37.7 Å². The van der Waals surface area contributed by atoms with E-state index in [-0.39, 0.29) is 23.7 Å². The molecule has 1 aliphatic heterocycles. The van der Waals surface area contributed by atoms with E-state index in [2.05, 4.69) is 17.1 Å². The smallest absolute Gasteiger partial charge is 0.289 e. The molecule has 1 aliphatic rings. The van der Waals surface area contributed by atoms with Crippen molar-refractivity contribution in [1.29, 1.82) is 0 Å². The minimum Gasteiger partial charge on any atom is -0.455 e. The minimum atomic E-state index is -0.292. The Morgan fingerprint density at radius 3 is 2.57 bits per heavy atom. The summed E-state index contributed by atoms with van der Waals surface area (Å²) in [6, 6.07) is 13.3. The molecule has 0 N–H and O–H groups in total. The summed E-state index contributed by atoms with van der Waals surface area (Å²) in [6.07, 6.45) is 2.45. The number of piperazine rings is 1. The van der Waals surface area contributed by atoms with E-state index in [1.807, 2.05) is 24.0 Å². The van der Waals surface area contributed by atoms with E-state index in [0.717, 1.165) is 23.4 Å². The number of unbranched alkanes of at least 4 members (excludes halogenated alkanes) is 1. The lowest BCUT2D eigenvalue weighted by Gasteiger charge is -2.39. The van der Waals surface area contributed by atoms with Gasteiger partial charge in [0.05, 0.1) is 11.4 Å². The van der Waals surface area contributed by atoms with Crippen LogP contribution >= 0.6 is 11.8 Å². The molecular formula is C26H29FN4O3S. The van der Waals surface area contributed by atoms with Crippen molar-refractivity contribution in [2.24, 2.45) is 0 Å². The van der Waals surface area contributed by atoms with E-state index in [1.165, 1.54) is 23.9 Å². The molecule has 3 heterocycles. The van der Waals surface area contributed by atoms with E-state index >= 15 is 0 Å². The number of nitrogens with zero attached hydrogens (tertiary/aromatic N) is 4. The van der Waals surface area contributed by atoms with Crippen molar-refractivity contribution < 1.29 is 18.4 Å². The molecule has 2 aromatic heterocycles. The zero-order valence-electron chi connectivity index (χ0n) is 19.9. The SMILES string of the molecule is CCCCC(=O)N1CCN(C(=O)c2ccc(CSc3ccc(-c4ccc(F)cc4)nn3)o2)C[C@@H]1C. The second-order valence-corrected chi connectivity index (χ2v) is 9.60. The summed E-state index contributed by atoms with van der Waals surface area (Å²) < 4.78 is 18.9. The molecule has 0 unspecified atom stereocenters. The molecule has 1 saturated heterocycles. The number of carbonyl (C=O) groups is 2. The topological polar surface area (TPSA) is 79.5 Å². The molecule has 9 heteroatoms. The first-order valence-corrected chi connectivity index (χ1v) is 12.8. The van der Waals surface area contributed by atoms with Crippen LogP contribution in [0.1, 0.15) is 49.4 Å². The summed E-state index contributed by atoms with van der Waals surface area (Å²) in [4.78, 5) is 29.0. The molecule has 35 heavy (non-hydrogen) atoms. The van der Waals surface area contributed by atoms with E-state index in [1.54, 1.807) is 29.2 Å². The predicted octanol–water partition coefficient (Wildman–Crippen LogP) is 5.03. The van der Waals surface area contributed by atoms with Gasteiger partial charge in [-0.3, -0.25) is 9.59 Å². The van der Waals surface area contributed by atoms with Gasteiger partial charge >= 0.3 is 0 Å². The second kappa shape index (κ2) is 11.5. The van der Waals surface area contributed by atoms with Gasteiger partial charge in [0.1, 0.15) is 16.6 Å². The van der Waals surface area contributed by atoms with Gasteiger partial charge in [0.15, 0.2) is 5.76 Å². The van der Waals surface area contributed by atoms with Gasteiger partial charge in [-0.1, -0.05) is 25.1 Å². The number of carbonyl (C=O) groups excluding carboxylic acids is 2. The molecular weight excluding hydrogens is 467 g/mol. The summed E-state index contributed by atoms with van der Waals surface area (Å²) in [6.45, 7) is 5.60. The largest absolute Gasteiger partial charge is 0.455 e. The van der Waals surface area contributed by atoms with Crippen LogP contribution in [0, 0.1) is 5.82 Å². The fourth-order valence-corrected chi connectivity index (χ4v) is 4.74. The van der Waals surface area contributed by atoms with Crippen LogP contribution in [0.25, 0.3) is 11.3 Å². The number of halogens is 1. The number of hydrogen-bond acceptors (Lipinski definition) is 6. The molecule has 0 aliphatic carbocycles. The highest BCUT2D eigenvalue weighted by molar-refractivity contribution is 7.98. The Morgan fingerprint density at radius 1 is 1.09 bits per heavy atom. The van der Waals surface area contributed by atoms with Crippen LogP contribution in [0.5, 0.6) is 0 Å². The fraction of sp³-hybridized carbons (Fsp3) is 0.385. The average Bonchev–Trinajstić information content (AvgIpc) is 3.35. The first-order chi connectivity index (χ1) is 16.9. The zero-order chi connectivity index (χ0) is 24.8. The maximum atomic E-state index is 13.1. The van der Waals surface area contributed by atoms with E-state index in [9.17, 15) is 14.0 Å².